The Morgan fingerprint density at radius 1 is 1.47 bits per heavy atom. The molecule has 0 atom stereocenters. The van der Waals surface area contributed by atoms with E-state index in [2.05, 4.69) is 21.2 Å². The van der Waals surface area contributed by atoms with E-state index in [-0.39, 0.29) is 5.91 Å². The number of carbonyl (C=O) groups is 1. The Hall–Kier alpha value is -0.870. The van der Waals surface area contributed by atoms with Gasteiger partial charge in [0.2, 0.25) is 0 Å². The quantitative estimate of drug-likeness (QED) is 0.882. The Balaban J connectivity index is 2.66. The summed E-state index contributed by atoms with van der Waals surface area (Å²) in [5.41, 5.74) is 6.01. The van der Waals surface area contributed by atoms with Crippen LogP contribution in [0.25, 0.3) is 0 Å². The molecule has 0 aliphatic carbocycles. The second kappa shape index (κ2) is 4.77. The second-order valence-electron chi connectivity index (χ2n) is 4.15. The van der Waals surface area contributed by atoms with E-state index in [9.17, 15) is 4.79 Å². The summed E-state index contributed by atoms with van der Waals surface area (Å²) >= 11 is 3.33. The molecule has 1 aromatic carbocycles. The first-order valence-corrected chi connectivity index (χ1v) is 5.51. The van der Waals surface area contributed by atoms with Gasteiger partial charge in [-0.25, -0.2) is 0 Å². The van der Waals surface area contributed by atoms with E-state index in [0.29, 0.717) is 12.1 Å². The normalized spacial score (nSPS) is 11.2. The molecule has 0 unspecified atom stereocenters. The number of hydrogen-bond acceptors (Lipinski definition) is 2. The summed E-state index contributed by atoms with van der Waals surface area (Å²) in [4.78, 5) is 11.7. The molecular weight excluding hydrogens is 256 g/mol. The molecular formula is C11H15BrN2O. The van der Waals surface area contributed by atoms with E-state index >= 15 is 0 Å². The number of benzene rings is 1. The van der Waals surface area contributed by atoms with E-state index < -0.39 is 5.54 Å². The largest absolute Gasteiger partial charge is 0.350 e. The summed E-state index contributed by atoms with van der Waals surface area (Å²) in [6.45, 7) is 4.19. The van der Waals surface area contributed by atoms with Gasteiger partial charge in [0.25, 0.3) is 5.91 Å². The van der Waals surface area contributed by atoms with Crippen molar-refractivity contribution >= 4 is 21.8 Å². The van der Waals surface area contributed by atoms with Crippen LogP contribution < -0.4 is 11.1 Å². The number of hydrogen-bond donors (Lipinski definition) is 2. The van der Waals surface area contributed by atoms with Crippen molar-refractivity contribution in [1.29, 1.82) is 0 Å². The van der Waals surface area contributed by atoms with Gasteiger partial charge in [0.05, 0.1) is 5.56 Å². The van der Waals surface area contributed by atoms with Crippen molar-refractivity contribution < 1.29 is 4.79 Å². The zero-order valence-corrected chi connectivity index (χ0v) is 10.5. The van der Waals surface area contributed by atoms with Crippen LogP contribution in [0.1, 0.15) is 24.2 Å². The zero-order chi connectivity index (χ0) is 11.5. The van der Waals surface area contributed by atoms with Crippen LogP contribution in [0.2, 0.25) is 0 Å². The Morgan fingerprint density at radius 2 is 2.07 bits per heavy atom. The summed E-state index contributed by atoms with van der Waals surface area (Å²) in [6.07, 6.45) is 0. The van der Waals surface area contributed by atoms with Crippen LogP contribution in [-0.4, -0.2) is 18.0 Å². The van der Waals surface area contributed by atoms with E-state index in [1.54, 1.807) is 6.07 Å². The lowest BCUT2D eigenvalue weighted by molar-refractivity contribution is 0.0945. The highest BCUT2D eigenvalue weighted by atomic mass is 79.9. The van der Waals surface area contributed by atoms with Gasteiger partial charge in [-0.15, -0.1) is 0 Å². The third kappa shape index (κ3) is 4.01. The average molecular weight is 271 g/mol. The third-order valence-electron chi connectivity index (χ3n) is 1.82. The lowest BCUT2D eigenvalue weighted by Gasteiger charge is -2.19. The van der Waals surface area contributed by atoms with Crippen LogP contribution in [0.4, 0.5) is 0 Å². The molecule has 1 aromatic rings. The molecule has 0 aliphatic heterocycles. The smallest absolute Gasteiger partial charge is 0.252 e. The first kappa shape index (κ1) is 12.2. The zero-order valence-electron chi connectivity index (χ0n) is 8.88. The molecule has 0 radical (unpaired) electrons. The first-order valence-electron chi connectivity index (χ1n) is 4.72. The van der Waals surface area contributed by atoms with Crippen molar-refractivity contribution in [3.05, 3.63) is 34.3 Å². The highest BCUT2D eigenvalue weighted by molar-refractivity contribution is 9.10. The molecule has 0 saturated heterocycles. The minimum atomic E-state index is -0.392. The molecule has 0 bridgehead atoms. The predicted octanol–water partition coefficient (Wildman–Crippen LogP) is 1.92. The van der Waals surface area contributed by atoms with Gasteiger partial charge in [-0.1, -0.05) is 12.1 Å². The highest BCUT2D eigenvalue weighted by Gasteiger charge is 2.14. The summed E-state index contributed by atoms with van der Waals surface area (Å²) in [7, 11) is 0. The first-order chi connectivity index (χ1) is 6.90. The maximum absolute atomic E-state index is 11.7. The Kier molecular flexibility index (Phi) is 3.88. The summed E-state index contributed by atoms with van der Waals surface area (Å²) in [5, 5.41) is 2.79. The van der Waals surface area contributed by atoms with Crippen LogP contribution in [0.3, 0.4) is 0 Å². The molecule has 0 aliphatic rings. The molecule has 0 heterocycles. The van der Waals surface area contributed by atoms with Gasteiger partial charge in [0.1, 0.15) is 0 Å². The SMILES string of the molecule is CC(C)(N)CNC(=O)c1ccccc1Br. The molecule has 0 fully saturated rings. The van der Waals surface area contributed by atoms with Gasteiger partial charge in [-0.3, -0.25) is 4.79 Å². The van der Waals surface area contributed by atoms with Gasteiger partial charge in [-0.05, 0) is 41.9 Å². The Labute approximate surface area is 98.2 Å². The van der Waals surface area contributed by atoms with E-state index in [4.69, 9.17) is 5.73 Å². The Bertz CT molecular complexity index is 358. The van der Waals surface area contributed by atoms with Crippen molar-refractivity contribution in [1.82, 2.24) is 5.32 Å². The van der Waals surface area contributed by atoms with Gasteiger partial charge >= 0.3 is 0 Å². The topological polar surface area (TPSA) is 55.1 Å². The standard InChI is InChI=1S/C11H15BrN2O/c1-11(2,13)7-14-10(15)8-5-3-4-6-9(8)12/h3-6H,7,13H2,1-2H3,(H,14,15). The number of rotatable bonds is 3. The fourth-order valence-corrected chi connectivity index (χ4v) is 1.51. The van der Waals surface area contributed by atoms with Crippen molar-refractivity contribution in [3.63, 3.8) is 0 Å². The molecule has 0 spiro atoms. The van der Waals surface area contributed by atoms with Gasteiger partial charge in [0, 0.05) is 16.6 Å². The fourth-order valence-electron chi connectivity index (χ4n) is 1.05. The molecule has 0 aromatic heterocycles. The van der Waals surface area contributed by atoms with Crippen molar-refractivity contribution in [2.45, 2.75) is 19.4 Å². The van der Waals surface area contributed by atoms with Crippen molar-refractivity contribution in [2.75, 3.05) is 6.54 Å². The van der Waals surface area contributed by atoms with Gasteiger partial charge < -0.3 is 11.1 Å². The Morgan fingerprint density at radius 3 is 2.60 bits per heavy atom. The molecule has 1 amide bonds. The van der Waals surface area contributed by atoms with Crippen molar-refractivity contribution in [3.8, 4) is 0 Å². The number of nitrogens with one attached hydrogen (secondary N) is 1. The van der Waals surface area contributed by atoms with E-state index in [0.717, 1.165) is 4.47 Å². The molecule has 3 nitrogen and oxygen atoms in total. The van der Waals surface area contributed by atoms with Gasteiger partial charge in [-0.2, -0.15) is 0 Å². The molecule has 4 heteroatoms. The van der Waals surface area contributed by atoms with Crippen LogP contribution in [-0.2, 0) is 0 Å². The maximum atomic E-state index is 11.7. The van der Waals surface area contributed by atoms with Crippen molar-refractivity contribution in [2.24, 2.45) is 5.73 Å². The number of halogens is 1. The van der Waals surface area contributed by atoms with Gasteiger partial charge in [0.15, 0.2) is 0 Å². The monoisotopic (exact) mass is 270 g/mol. The third-order valence-corrected chi connectivity index (χ3v) is 2.51. The molecule has 82 valence electrons. The molecule has 0 saturated carbocycles. The van der Waals surface area contributed by atoms with E-state index in [1.807, 2.05) is 32.0 Å². The van der Waals surface area contributed by atoms with Crippen LogP contribution >= 0.6 is 15.9 Å². The average Bonchev–Trinajstić information content (AvgIpc) is 2.14. The maximum Gasteiger partial charge on any atom is 0.252 e. The predicted molar refractivity (Wildman–Crippen MR) is 64.7 cm³/mol. The summed E-state index contributed by atoms with van der Waals surface area (Å²) in [6, 6.07) is 7.30. The number of amides is 1. The minimum absolute atomic E-state index is 0.110. The lowest BCUT2D eigenvalue weighted by atomic mass is 10.1. The lowest BCUT2D eigenvalue weighted by Crippen LogP contribution is -2.45. The second-order valence-corrected chi connectivity index (χ2v) is 5.01. The minimum Gasteiger partial charge on any atom is -0.350 e. The van der Waals surface area contributed by atoms with Crippen LogP contribution in [0, 0.1) is 0 Å². The van der Waals surface area contributed by atoms with Crippen LogP contribution in [0.15, 0.2) is 28.7 Å². The number of nitrogens with two attached hydrogens (primary N) is 1. The summed E-state index contributed by atoms with van der Waals surface area (Å²) < 4.78 is 0.789. The van der Waals surface area contributed by atoms with Crippen LogP contribution in [0.5, 0.6) is 0 Å². The number of carbonyl (C=O) groups excluding carboxylic acids is 1. The summed E-state index contributed by atoms with van der Waals surface area (Å²) in [5.74, 6) is -0.110. The molecule has 15 heavy (non-hydrogen) atoms. The molecule has 3 N–H and O–H groups in total. The van der Waals surface area contributed by atoms with E-state index in [1.165, 1.54) is 0 Å². The highest BCUT2D eigenvalue weighted by Crippen LogP contribution is 2.15. The molecule has 1 rings (SSSR count). The fraction of sp³-hybridized carbons (Fsp3) is 0.364.